The van der Waals surface area contributed by atoms with Gasteiger partial charge in [0.25, 0.3) is 0 Å². The number of hydrogen-bond acceptors (Lipinski definition) is 12. The van der Waals surface area contributed by atoms with E-state index in [0.717, 1.165) is 18.7 Å². The van der Waals surface area contributed by atoms with Crippen LogP contribution in [0.4, 0.5) is 0 Å². The van der Waals surface area contributed by atoms with Crippen LogP contribution in [0, 0.1) is 0 Å². The molecule has 2 aliphatic rings. The van der Waals surface area contributed by atoms with Crippen LogP contribution >= 0.6 is 0 Å². The summed E-state index contributed by atoms with van der Waals surface area (Å²) >= 11 is 0. The van der Waals surface area contributed by atoms with Crippen molar-refractivity contribution >= 4 is 51.9 Å². The van der Waals surface area contributed by atoms with Gasteiger partial charge in [0.1, 0.15) is 0 Å². The third-order valence-electron chi connectivity index (χ3n) is 5.61. The molecule has 2 heterocycles. The monoisotopic (exact) mass is 559 g/mol. The van der Waals surface area contributed by atoms with Crippen LogP contribution in [0.3, 0.4) is 0 Å². The van der Waals surface area contributed by atoms with Crippen molar-refractivity contribution in [2.45, 2.75) is 15.1 Å². The van der Waals surface area contributed by atoms with Crippen LogP contribution in [0.2, 0.25) is 0 Å². The Morgan fingerprint density at radius 2 is 1.12 bits per heavy atom. The summed E-state index contributed by atoms with van der Waals surface area (Å²) in [5.74, 6) is 0. The fourth-order valence-electron chi connectivity index (χ4n) is 4.19. The second-order valence-corrected chi connectivity index (χ2v) is 17.4. The second-order valence-electron chi connectivity index (χ2n) is 8.40. The van der Waals surface area contributed by atoms with E-state index in [0.29, 0.717) is 44.8 Å². The summed E-state index contributed by atoms with van der Waals surface area (Å²) in [6.45, 7) is 3.23. The first kappa shape index (κ1) is 27.5. The molecule has 34 heavy (non-hydrogen) atoms. The molecular formula is C17H26BNO11S4. The molecule has 12 nitrogen and oxygen atoms in total. The van der Waals surface area contributed by atoms with Gasteiger partial charge in [0.05, 0.1) is 13.2 Å². The number of rotatable bonds is 7. The molecule has 0 atom stereocenters. The quantitative estimate of drug-likeness (QED) is 0.330. The smallest absolute Gasteiger partial charge is 0.379 e. The van der Waals surface area contributed by atoms with Crippen molar-refractivity contribution in [3.05, 3.63) is 29.8 Å². The summed E-state index contributed by atoms with van der Waals surface area (Å²) in [6.07, 6.45) is 1.54. The zero-order chi connectivity index (χ0) is 25.8. The van der Waals surface area contributed by atoms with Gasteiger partial charge in [-0.2, -0.15) is 0 Å². The van der Waals surface area contributed by atoms with E-state index >= 15 is 0 Å². The van der Waals surface area contributed by atoms with Crippen LogP contribution < -0.4 is 5.46 Å². The fourth-order valence-corrected chi connectivity index (χ4v) is 15.3. The van der Waals surface area contributed by atoms with Crippen LogP contribution in [-0.4, -0.2) is 106 Å². The topological polar surface area (TPSA) is 167 Å². The molecule has 0 saturated carbocycles. The minimum absolute atomic E-state index is 0.0385. The maximum Gasteiger partial charge on any atom is 0.497 e. The Bertz CT molecular complexity index is 1230. The minimum Gasteiger partial charge on any atom is -0.379 e. The zero-order valence-electron chi connectivity index (χ0n) is 19.0. The Labute approximate surface area is 200 Å². The van der Waals surface area contributed by atoms with Crippen molar-refractivity contribution in [3.63, 3.8) is 0 Å². The standard InChI is InChI=1S/C17H26BNO11S4/c1-31(20,21)16(32(2,22)23)17(33(3,24)25,34(4,26)27)30-18(29-16)15-7-5-14(6-8-15)13-19-9-11-28-12-10-19/h5-8H,9-13H2,1-4H3. The predicted molar refractivity (Wildman–Crippen MR) is 125 cm³/mol. The molecule has 0 spiro atoms. The van der Waals surface area contributed by atoms with Gasteiger partial charge < -0.3 is 14.0 Å². The van der Waals surface area contributed by atoms with Crippen molar-refractivity contribution < 1.29 is 47.7 Å². The highest BCUT2D eigenvalue weighted by molar-refractivity contribution is 8.16. The van der Waals surface area contributed by atoms with Gasteiger partial charge in [0.2, 0.25) is 0 Å². The van der Waals surface area contributed by atoms with Crippen molar-refractivity contribution in [1.29, 1.82) is 0 Å². The van der Waals surface area contributed by atoms with E-state index in [-0.39, 0.29) is 5.46 Å². The summed E-state index contributed by atoms with van der Waals surface area (Å²) in [5, 5.41) is 0. The van der Waals surface area contributed by atoms with E-state index in [1.165, 1.54) is 12.1 Å². The molecule has 0 radical (unpaired) electrons. The minimum atomic E-state index is -5.08. The molecule has 192 valence electrons. The number of benzene rings is 1. The summed E-state index contributed by atoms with van der Waals surface area (Å²) in [6, 6.07) is 6.13. The molecule has 0 aromatic heterocycles. The molecule has 2 fully saturated rings. The van der Waals surface area contributed by atoms with Crippen molar-refractivity contribution in [2.75, 3.05) is 51.3 Å². The summed E-state index contributed by atoms with van der Waals surface area (Å²) in [4.78, 5) is 2.14. The Morgan fingerprint density at radius 3 is 1.47 bits per heavy atom. The Kier molecular flexibility index (Phi) is 7.12. The van der Waals surface area contributed by atoms with Crippen LogP contribution in [0.5, 0.6) is 0 Å². The van der Waals surface area contributed by atoms with E-state index in [4.69, 9.17) is 14.0 Å². The lowest BCUT2D eigenvalue weighted by molar-refractivity contribution is 0.0342. The van der Waals surface area contributed by atoms with Gasteiger partial charge in [-0.05, 0) is 11.0 Å². The Balaban J connectivity index is 2.14. The third kappa shape index (κ3) is 4.34. The maximum atomic E-state index is 12.8. The molecule has 3 rings (SSSR count). The molecule has 17 heteroatoms. The summed E-state index contributed by atoms with van der Waals surface area (Å²) in [5.41, 5.74) is 0.884. The first-order valence-corrected chi connectivity index (χ1v) is 17.5. The first-order chi connectivity index (χ1) is 15.4. The molecule has 0 bridgehead atoms. The van der Waals surface area contributed by atoms with Crippen LogP contribution in [0.1, 0.15) is 5.56 Å². The van der Waals surface area contributed by atoms with Crippen LogP contribution in [0.25, 0.3) is 0 Å². The third-order valence-corrected chi connectivity index (χ3v) is 15.2. The summed E-state index contributed by atoms with van der Waals surface area (Å²) in [7, 11) is -22.2. The van der Waals surface area contributed by atoms with Gasteiger partial charge in [-0.3, -0.25) is 4.90 Å². The molecule has 0 aliphatic carbocycles. The van der Waals surface area contributed by atoms with Gasteiger partial charge in [-0.25, -0.2) is 33.7 Å². The Hall–Kier alpha value is -1.08. The van der Waals surface area contributed by atoms with Gasteiger partial charge in [0.15, 0.2) is 39.3 Å². The fraction of sp³-hybridized carbons (Fsp3) is 0.647. The molecule has 0 N–H and O–H groups in total. The predicted octanol–water partition coefficient (Wildman–Crippen LogP) is -2.25. The number of ether oxygens (including phenoxy) is 1. The Morgan fingerprint density at radius 1 is 0.735 bits per heavy atom. The molecule has 1 aromatic carbocycles. The van der Waals surface area contributed by atoms with Crippen molar-refractivity contribution in [3.8, 4) is 0 Å². The van der Waals surface area contributed by atoms with E-state index < -0.39 is 55.0 Å². The highest BCUT2D eigenvalue weighted by Crippen LogP contribution is 2.51. The van der Waals surface area contributed by atoms with Gasteiger partial charge >= 0.3 is 15.6 Å². The average Bonchev–Trinajstić information content (AvgIpc) is 3.09. The van der Waals surface area contributed by atoms with E-state index in [1.54, 1.807) is 12.1 Å². The lowest BCUT2D eigenvalue weighted by Crippen LogP contribution is -2.67. The lowest BCUT2D eigenvalue weighted by atomic mass is 9.79. The number of sulfone groups is 4. The largest absolute Gasteiger partial charge is 0.497 e. The first-order valence-electron chi connectivity index (χ1n) is 9.90. The van der Waals surface area contributed by atoms with Crippen LogP contribution in [0.15, 0.2) is 24.3 Å². The molecule has 0 unspecified atom stereocenters. The molecule has 2 saturated heterocycles. The van der Waals surface area contributed by atoms with Crippen LogP contribution in [-0.2, 0) is 59.9 Å². The average molecular weight is 559 g/mol. The van der Waals surface area contributed by atoms with Crippen molar-refractivity contribution in [1.82, 2.24) is 4.90 Å². The SMILES string of the molecule is CS(=O)(=O)C1(S(C)(=O)=O)OB(c2ccc(CN3CCOCC3)cc2)OC1(S(C)(=O)=O)S(C)(=O)=O. The normalized spacial score (nSPS) is 22.1. The summed E-state index contributed by atoms with van der Waals surface area (Å²) < 4.78 is 111. The maximum absolute atomic E-state index is 12.8. The second kappa shape index (κ2) is 8.79. The van der Waals surface area contributed by atoms with E-state index in [9.17, 15) is 33.7 Å². The highest BCUT2D eigenvalue weighted by atomic mass is 32.3. The number of nitrogens with zero attached hydrogens (tertiary/aromatic N) is 1. The van der Waals surface area contributed by atoms with E-state index in [2.05, 4.69) is 4.90 Å². The van der Waals surface area contributed by atoms with Gasteiger partial charge in [-0.1, -0.05) is 24.3 Å². The van der Waals surface area contributed by atoms with E-state index in [1.807, 2.05) is 0 Å². The zero-order valence-corrected chi connectivity index (χ0v) is 22.3. The molecule has 1 aromatic rings. The van der Waals surface area contributed by atoms with Gasteiger partial charge in [0, 0.05) is 44.7 Å². The van der Waals surface area contributed by atoms with Gasteiger partial charge in [-0.15, -0.1) is 0 Å². The number of morpholine rings is 1. The lowest BCUT2D eigenvalue weighted by Gasteiger charge is -2.37. The molecule has 2 aliphatic heterocycles. The number of hydrogen-bond donors (Lipinski definition) is 0. The molecular weight excluding hydrogens is 533 g/mol. The highest BCUT2D eigenvalue weighted by Gasteiger charge is 2.83. The molecule has 0 amide bonds. The van der Waals surface area contributed by atoms with Crippen molar-refractivity contribution in [2.24, 2.45) is 0 Å².